The molecule has 0 aliphatic heterocycles. The molecule has 0 bridgehead atoms. The number of aliphatic hydroxyl groups is 1. The predicted molar refractivity (Wildman–Crippen MR) is 69.4 cm³/mol. The second kappa shape index (κ2) is 6.14. The van der Waals surface area contributed by atoms with E-state index in [4.69, 9.17) is 10.2 Å². The van der Waals surface area contributed by atoms with Gasteiger partial charge in [0, 0.05) is 24.8 Å². The van der Waals surface area contributed by atoms with Crippen LogP contribution < -0.4 is 5.32 Å². The van der Waals surface area contributed by atoms with E-state index in [0.29, 0.717) is 0 Å². The zero-order chi connectivity index (χ0) is 14.6. The van der Waals surface area contributed by atoms with Gasteiger partial charge in [-0.3, -0.25) is 10.1 Å². The van der Waals surface area contributed by atoms with Crippen molar-refractivity contribution in [1.29, 1.82) is 0 Å². The smallest absolute Gasteiger partial charge is 0.337 e. The molecule has 0 spiro atoms. The van der Waals surface area contributed by atoms with Gasteiger partial charge in [-0.25, -0.2) is 4.79 Å². The van der Waals surface area contributed by atoms with E-state index in [9.17, 15) is 14.9 Å². The summed E-state index contributed by atoms with van der Waals surface area (Å²) in [4.78, 5) is 21.2. The number of nitrogens with zero attached hydrogens (tertiary/aromatic N) is 1. The minimum Gasteiger partial charge on any atom is -0.478 e. The molecular weight excluding hydrogens is 252 g/mol. The molecule has 0 aliphatic rings. The number of aliphatic hydroxyl groups excluding tert-OH is 1. The summed E-state index contributed by atoms with van der Waals surface area (Å²) in [7, 11) is 0. The Labute approximate surface area is 110 Å². The number of rotatable bonds is 6. The van der Waals surface area contributed by atoms with Crippen LogP contribution in [0.25, 0.3) is 0 Å². The van der Waals surface area contributed by atoms with Crippen LogP contribution in [-0.4, -0.2) is 33.8 Å². The van der Waals surface area contributed by atoms with Crippen LogP contribution >= 0.6 is 0 Å². The van der Waals surface area contributed by atoms with Crippen LogP contribution in [0.15, 0.2) is 18.2 Å². The number of nitro benzene ring substituents is 1. The van der Waals surface area contributed by atoms with Gasteiger partial charge in [-0.1, -0.05) is 6.92 Å². The highest BCUT2D eigenvalue weighted by atomic mass is 16.6. The molecule has 0 saturated carbocycles. The molecule has 104 valence electrons. The Kier molecular flexibility index (Phi) is 4.82. The van der Waals surface area contributed by atoms with Crippen molar-refractivity contribution in [1.82, 2.24) is 0 Å². The number of hydrogen-bond donors (Lipinski definition) is 3. The summed E-state index contributed by atoms with van der Waals surface area (Å²) in [5.41, 5.74) is -0.0477. The number of nitro groups is 1. The third-order valence-electron chi connectivity index (χ3n) is 2.97. The number of aromatic carboxylic acids is 1. The van der Waals surface area contributed by atoms with Crippen LogP contribution in [0.5, 0.6) is 0 Å². The summed E-state index contributed by atoms with van der Waals surface area (Å²) in [6.07, 6.45) is 0. The number of nitrogens with one attached hydrogen (secondary N) is 1. The first-order valence-corrected chi connectivity index (χ1v) is 5.76. The van der Waals surface area contributed by atoms with Crippen LogP contribution in [0, 0.1) is 16.0 Å². The zero-order valence-electron chi connectivity index (χ0n) is 10.7. The van der Waals surface area contributed by atoms with Crippen molar-refractivity contribution >= 4 is 17.3 Å². The molecule has 19 heavy (non-hydrogen) atoms. The molecule has 3 N–H and O–H groups in total. The van der Waals surface area contributed by atoms with Crippen molar-refractivity contribution in [3.8, 4) is 0 Å². The van der Waals surface area contributed by atoms with Crippen LogP contribution in [0.1, 0.15) is 24.2 Å². The number of hydrogen-bond acceptors (Lipinski definition) is 5. The third-order valence-corrected chi connectivity index (χ3v) is 2.97. The fourth-order valence-electron chi connectivity index (χ4n) is 1.50. The molecule has 0 saturated heterocycles. The van der Waals surface area contributed by atoms with Gasteiger partial charge in [0.2, 0.25) is 0 Å². The summed E-state index contributed by atoms with van der Waals surface area (Å²) in [6.45, 7) is 3.49. The van der Waals surface area contributed by atoms with E-state index in [1.165, 1.54) is 12.1 Å². The molecule has 2 atom stereocenters. The number of carbonyl (C=O) groups is 1. The molecule has 0 radical (unpaired) electrons. The molecule has 7 nitrogen and oxygen atoms in total. The lowest BCUT2D eigenvalue weighted by atomic mass is 10.0. The summed E-state index contributed by atoms with van der Waals surface area (Å²) in [6, 6.07) is 3.31. The quantitative estimate of drug-likeness (QED) is 0.535. The minimum atomic E-state index is -1.17. The van der Waals surface area contributed by atoms with E-state index >= 15 is 0 Å². The van der Waals surface area contributed by atoms with E-state index in [0.717, 1.165) is 6.07 Å². The first-order chi connectivity index (χ1) is 8.86. The van der Waals surface area contributed by atoms with Gasteiger partial charge in [0.1, 0.15) is 0 Å². The van der Waals surface area contributed by atoms with E-state index in [1.54, 1.807) is 13.8 Å². The Morgan fingerprint density at radius 1 is 1.47 bits per heavy atom. The lowest BCUT2D eigenvalue weighted by Crippen LogP contribution is -2.27. The normalized spacial score (nSPS) is 13.6. The number of benzene rings is 1. The Morgan fingerprint density at radius 3 is 2.58 bits per heavy atom. The molecule has 0 heterocycles. The largest absolute Gasteiger partial charge is 0.478 e. The summed E-state index contributed by atoms with van der Waals surface area (Å²) < 4.78 is 0. The molecule has 1 rings (SSSR count). The average molecular weight is 268 g/mol. The lowest BCUT2D eigenvalue weighted by molar-refractivity contribution is -0.384. The number of carboxylic acid groups (broad SMARTS) is 1. The van der Waals surface area contributed by atoms with E-state index in [2.05, 4.69) is 5.32 Å². The fourth-order valence-corrected chi connectivity index (χ4v) is 1.50. The average Bonchev–Trinajstić information content (AvgIpc) is 2.37. The van der Waals surface area contributed by atoms with Gasteiger partial charge in [0.05, 0.1) is 16.2 Å². The van der Waals surface area contributed by atoms with Crippen molar-refractivity contribution in [3.05, 3.63) is 33.9 Å². The van der Waals surface area contributed by atoms with Gasteiger partial charge < -0.3 is 15.5 Å². The molecule has 0 aliphatic carbocycles. The Bertz CT molecular complexity index is 489. The molecule has 2 unspecified atom stereocenters. The number of carboxylic acids is 1. The monoisotopic (exact) mass is 268 g/mol. The van der Waals surface area contributed by atoms with Crippen molar-refractivity contribution in [2.45, 2.75) is 19.9 Å². The van der Waals surface area contributed by atoms with Crippen molar-refractivity contribution in [3.63, 3.8) is 0 Å². The first-order valence-electron chi connectivity index (χ1n) is 5.76. The van der Waals surface area contributed by atoms with Gasteiger partial charge in [-0.15, -0.1) is 0 Å². The van der Waals surface area contributed by atoms with E-state index in [-0.39, 0.29) is 35.5 Å². The summed E-state index contributed by atoms with van der Waals surface area (Å²) >= 11 is 0. The Balaban J connectivity index is 3.11. The Hall–Kier alpha value is -2.15. The second-order valence-electron chi connectivity index (χ2n) is 4.39. The maximum Gasteiger partial charge on any atom is 0.337 e. The summed E-state index contributed by atoms with van der Waals surface area (Å²) in [5, 5.41) is 31.7. The maximum absolute atomic E-state index is 11.1. The van der Waals surface area contributed by atoms with Crippen molar-refractivity contribution in [2.75, 3.05) is 11.9 Å². The van der Waals surface area contributed by atoms with Gasteiger partial charge in [-0.2, -0.15) is 0 Å². The van der Waals surface area contributed by atoms with Crippen LogP contribution in [0.2, 0.25) is 0 Å². The Morgan fingerprint density at radius 2 is 2.11 bits per heavy atom. The molecule has 0 fully saturated rings. The van der Waals surface area contributed by atoms with Gasteiger partial charge in [-0.05, 0) is 18.9 Å². The molecule has 1 aromatic carbocycles. The number of non-ortho nitro benzene ring substituents is 1. The van der Waals surface area contributed by atoms with Crippen LogP contribution in [0.3, 0.4) is 0 Å². The van der Waals surface area contributed by atoms with E-state index < -0.39 is 10.9 Å². The molecule has 1 aromatic rings. The molecule has 0 aromatic heterocycles. The maximum atomic E-state index is 11.1. The van der Waals surface area contributed by atoms with Gasteiger partial charge in [0.15, 0.2) is 0 Å². The lowest BCUT2D eigenvalue weighted by Gasteiger charge is -2.21. The second-order valence-corrected chi connectivity index (χ2v) is 4.39. The molecule has 0 amide bonds. The van der Waals surface area contributed by atoms with Crippen LogP contribution in [0.4, 0.5) is 11.4 Å². The molecule has 7 heteroatoms. The minimum absolute atomic E-state index is 0.0393. The predicted octanol–water partition coefficient (Wildman–Crippen LogP) is 1.72. The highest BCUT2D eigenvalue weighted by molar-refractivity contribution is 5.94. The fraction of sp³-hybridized carbons (Fsp3) is 0.417. The summed E-state index contributed by atoms with van der Waals surface area (Å²) in [5.74, 6) is -1.28. The van der Waals surface area contributed by atoms with Crippen molar-refractivity contribution < 1.29 is 19.9 Å². The highest BCUT2D eigenvalue weighted by Gasteiger charge is 2.18. The van der Waals surface area contributed by atoms with Crippen molar-refractivity contribution in [2.24, 2.45) is 5.92 Å². The molecular formula is C12H16N2O5. The van der Waals surface area contributed by atoms with Crippen LogP contribution in [-0.2, 0) is 0 Å². The van der Waals surface area contributed by atoms with Gasteiger partial charge >= 0.3 is 5.97 Å². The van der Waals surface area contributed by atoms with Gasteiger partial charge in [0.25, 0.3) is 5.69 Å². The first kappa shape index (κ1) is 14.9. The topological polar surface area (TPSA) is 113 Å². The zero-order valence-corrected chi connectivity index (χ0v) is 10.7. The SMILES string of the molecule is CC(CO)C(C)Nc1cc([N+](=O)[O-])ccc1C(=O)O. The standard InChI is InChI=1S/C12H16N2O5/c1-7(6-15)8(2)13-11-5-9(14(18)19)3-4-10(11)12(16)17/h3-5,7-8,13,15H,6H2,1-2H3,(H,16,17). The third kappa shape index (κ3) is 3.65. The highest BCUT2D eigenvalue weighted by Crippen LogP contribution is 2.24. The van der Waals surface area contributed by atoms with E-state index in [1.807, 2.05) is 0 Å². The number of anilines is 1.